The Morgan fingerprint density at radius 3 is 2.91 bits per heavy atom. The molecule has 1 amide bonds. The third-order valence-corrected chi connectivity index (χ3v) is 3.38. The maximum Gasteiger partial charge on any atom is 0.274 e. The zero-order chi connectivity index (χ0) is 16.1. The van der Waals surface area contributed by atoms with Crippen LogP contribution in [0.5, 0.6) is 0 Å². The number of aryl methyl sites for hydroxylation is 2. The van der Waals surface area contributed by atoms with Crippen LogP contribution >= 0.6 is 0 Å². The summed E-state index contributed by atoms with van der Waals surface area (Å²) >= 11 is 0. The number of hydroxylamine groups is 1. The third-order valence-electron chi connectivity index (χ3n) is 3.38. The molecule has 0 aliphatic rings. The Morgan fingerprint density at radius 2 is 2.13 bits per heavy atom. The molecule has 1 aromatic carbocycles. The van der Waals surface area contributed by atoms with Crippen LogP contribution in [0.25, 0.3) is 11.3 Å². The molecular weight excluding hydrogens is 294 g/mol. The molecule has 0 bridgehead atoms. The van der Waals surface area contributed by atoms with Crippen LogP contribution < -0.4 is 5.48 Å². The van der Waals surface area contributed by atoms with Crippen molar-refractivity contribution in [2.45, 2.75) is 13.0 Å². The van der Waals surface area contributed by atoms with Gasteiger partial charge in [-0.15, -0.1) is 5.10 Å². The highest BCUT2D eigenvalue weighted by molar-refractivity contribution is 5.94. The lowest BCUT2D eigenvalue weighted by Crippen LogP contribution is -2.18. The quantitative estimate of drug-likeness (QED) is 0.553. The normalized spacial score (nSPS) is 10.5. The predicted molar refractivity (Wildman–Crippen MR) is 82.7 cm³/mol. The summed E-state index contributed by atoms with van der Waals surface area (Å²) in [5.74, 6) is -0.561. The van der Waals surface area contributed by atoms with E-state index in [-0.39, 0.29) is 0 Å². The maximum absolute atomic E-state index is 11.5. The van der Waals surface area contributed by atoms with Gasteiger partial charge in [0.1, 0.15) is 5.69 Å². The Morgan fingerprint density at radius 1 is 1.22 bits per heavy atom. The summed E-state index contributed by atoms with van der Waals surface area (Å²) in [5, 5.41) is 16.9. The van der Waals surface area contributed by atoms with Gasteiger partial charge in [-0.25, -0.2) is 5.48 Å². The Labute approximate surface area is 132 Å². The molecule has 0 aliphatic carbocycles. The van der Waals surface area contributed by atoms with E-state index in [2.05, 4.69) is 15.3 Å². The van der Waals surface area contributed by atoms with Gasteiger partial charge in [-0.3, -0.25) is 19.7 Å². The fourth-order valence-electron chi connectivity index (χ4n) is 2.20. The van der Waals surface area contributed by atoms with Gasteiger partial charge >= 0.3 is 0 Å². The summed E-state index contributed by atoms with van der Waals surface area (Å²) in [5.41, 5.74) is 4.39. The molecule has 0 atom stereocenters. The molecule has 0 fully saturated rings. The first-order valence-electron chi connectivity index (χ1n) is 7.11. The monoisotopic (exact) mass is 309 g/mol. The van der Waals surface area contributed by atoms with Crippen LogP contribution in [0.3, 0.4) is 0 Å². The minimum absolute atomic E-state index is 0.355. The molecule has 7 nitrogen and oxygen atoms in total. The predicted octanol–water partition coefficient (Wildman–Crippen LogP) is 1.70. The standard InChI is InChI=1S/C16H15N5O2/c22-16(19-23)13-5-3-4-12(10-13)15-11-21(20-18-15)9-7-14-6-1-2-8-17-14/h1-6,8,10-11,23H,7,9H2,(H,19,22). The molecule has 2 heterocycles. The van der Waals surface area contributed by atoms with Crippen molar-refractivity contribution in [3.8, 4) is 11.3 Å². The van der Waals surface area contributed by atoms with E-state index >= 15 is 0 Å². The molecular formula is C16H15N5O2. The summed E-state index contributed by atoms with van der Waals surface area (Å²) < 4.78 is 1.74. The molecule has 2 N–H and O–H groups in total. The number of amides is 1. The summed E-state index contributed by atoms with van der Waals surface area (Å²) in [6, 6.07) is 12.6. The van der Waals surface area contributed by atoms with E-state index < -0.39 is 5.91 Å². The third kappa shape index (κ3) is 3.58. The summed E-state index contributed by atoms with van der Waals surface area (Å²) in [7, 11) is 0. The molecule has 116 valence electrons. The number of nitrogens with zero attached hydrogens (tertiary/aromatic N) is 4. The number of pyridine rings is 1. The first-order chi connectivity index (χ1) is 11.3. The van der Waals surface area contributed by atoms with E-state index in [1.165, 1.54) is 0 Å². The van der Waals surface area contributed by atoms with Gasteiger partial charge < -0.3 is 0 Å². The van der Waals surface area contributed by atoms with Crippen molar-refractivity contribution in [3.05, 3.63) is 66.1 Å². The zero-order valence-electron chi connectivity index (χ0n) is 12.3. The lowest BCUT2D eigenvalue weighted by molar-refractivity contribution is 0.0706. The van der Waals surface area contributed by atoms with Crippen molar-refractivity contribution in [2.75, 3.05) is 0 Å². The Kier molecular flexibility index (Phi) is 4.39. The topological polar surface area (TPSA) is 92.9 Å². The second-order valence-corrected chi connectivity index (χ2v) is 4.96. The number of hydrogen-bond acceptors (Lipinski definition) is 5. The second kappa shape index (κ2) is 6.80. The molecule has 23 heavy (non-hydrogen) atoms. The molecule has 0 saturated heterocycles. The zero-order valence-corrected chi connectivity index (χ0v) is 12.3. The lowest BCUT2D eigenvalue weighted by Gasteiger charge is -2.01. The van der Waals surface area contributed by atoms with E-state index in [0.29, 0.717) is 17.8 Å². The molecule has 0 saturated carbocycles. The fourth-order valence-corrected chi connectivity index (χ4v) is 2.20. The molecule has 0 unspecified atom stereocenters. The van der Waals surface area contributed by atoms with Crippen LogP contribution in [-0.4, -0.2) is 31.1 Å². The summed E-state index contributed by atoms with van der Waals surface area (Å²) in [6.45, 7) is 0.667. The molecule has 3 aromatic rings. The van der Waals surface area contributed by atoms with Crippen molar-refractivity contribution < 1.29 is 10.0 Å². The average molecular weight is 309 g/mol. The van der Waals surface area contributed by atoms with Gasteiger partial charge in [-0.1, -0.05) is 23.4 Å². The van der Waals surface area contributed by atoms with Gasteiger partial charge in [0.05, 0.1) is 6.20 Å². The van der Waals surface area contributed by atoms with Gasteiger partial charge in [0.25, 0.3) is 5.91 Å². The first-order valence-corrected chi connectivity index (χ1v) is 7.11. The van der Waals surface area contributed by atoms with Crippen molar-refractivity contribution in [1.82, 2.24) is 25.5 Å². The number of aromatic nitrogens is 4. The fraction of sp³-hybridized carbons (Fsp3) is 0.125. The molecule has 0 aliphatic heterocycles. The SMILES string of the molecule is O=C(NO)c1cccc(-c2cn(CCc3ccccn3)nn2)c1. The lowest BCUT2D eigenvalue weighted by atomic mass is 10.1. The van der Waals surface area contributed by atoms with Crippen LogP contribution in [0.2, 0.25) is 0 Å². The number of hydrogen-bond donors (Lipinski definition) is 2. The smallest absolute Gasteiger partial charge is 0.274 e. The van der Waals surface area contributed by atoms with Crippen LogP contribution in [0.1, 0.15) is 16.1 Å². The molecule has 2 aromatic heterocycles. The van der Waals surface area contributed by atoms with Crippen molar-refractivity contribution in [3.63, 3.8) is 0 Å². The summed E-state index contributed by atoms with van der Waals surface area (Å²) in [4.78, 5) is 15.7. The number of carbonyl (C=O) groups excluding carboxylic acids is 1. The Hall–Kier alpha value is -3.06. The van der Waals surface area contributed by atoms with E-state index in [4.69, 9.17) is 5.21 Å². The van der Waals surface area contributed by atoms with Crippen LogP contribution in [-0.2, 0) is 13.0 Å². The van der Waals surface area contributed by atoms with Gasteiger partial charge in [0.2, 0.25) is 0 Å². The van der Waals surface area contributed by atoms with Crippen LogP contribution in [0, 0.1) is 0 Å². The minimum atomic E-state index is -0.561. The highest BCUT2D eigenvalue weighted by atomic mass is 16.5. The van der Waals surface area contributed by atoms with E-state index in [9.17, 15) is 4.79 Å². The first kappa shape index (κ1) is 14.9. The molecule has 3 rings (SSSR count). The second-order valence-electron chi connectivity index (χ2n) is 4.96. The van der Waals surface area contributed by atoms with Crippen molar-refractivity contribution in [1.29, 1.82) is 0 Å². The maximum atomic E-state index is 11.5. The largest absolute Gasteiger partial charge is 0.288 e. The number of carbonyl (C=O) groups is 1. The van der Waals surface area contributed by atoms with E-state index in [1.54, 1.807) is 34.6 Å². The molecule has 0 radical (unpaired) electrons. The number of rotatable bonds is 5. The highest BCUT2D eigenvalue weighted by Crippen LogP contribution is 2.17. The molecule has 0 spiro atoms. The van der Waals surface area contributed by atoms with Crippen molar-refractivity contribution in [2.24, 2.45) is 0 Å². The van der Waals surface area contributed by atoms with Gasteiger partial charge in [-0.2, -0.15) is 0 Å². The minimum Gasteiger partial charge on any atom is -0.288 e. The average Bonchev–Trinajstić information content (AvgIpc) is 3.09. The van der Waals surface area contributed by atoms with Gasteiger partial charge in [0.15, 0.2) is 0 Å². The van der Waals surface area contributed by atoms with Gasteiger partial charge in [0, 0.05) is 36.0 Å². The Balaban J connectivity index is 1.73. The number of nitrogens with one attached hydrogen (secondary N) is 1. The number of benzene rings is 1. The van der Waals surface area contributed by atoms with Crippen molar-refractivity contribution >= 4 is 5.91 Å². The molecule has 7 heteroatoms. The van der Waals surface area contributed by atoms with Crippen LogP contribution in [0.4, 0.5) is 0 Å². The van der Waals surface area contributed by atoms with Gasteiger partial charge in [-0.05, 0) is 24.3 Å². The highest BCUT2D eigenvalue weighted by Gasteiger charge is 2.08. The summed E-state index contributed by atoms with van der Waals surface area (Å²) in [6.07, 6.45) is 4.34. The Bertz CT molecular complexity index is 801. The van der Waals surface area contributed by atoms with Crippen LogP contribution in [0.15, 0.2) is 54.9 Å². The van der Waals surface area contributed by atoms with E-state index in [1.807, 2.05) is 30.5 Å². The van der Waals surface area contributed by atoms with E-state index in [0.717, 1.165) is 17.7 Å².